The van der Waals surface area contributed by atoms with Gasteiger partial charge >= 0.3 is 5.97 Å². The average Bonchev–Trinajstić information content (AvgIpc) is 2.74. The number of H-pyrrole nitrogens is 1. The highest BCUT2D eigenvalue weighted by Crippen LogP contribution is 2.25. The SMILES string of the molecule is COC(=O)Cc1ccc2[nH]c(I)c(CCNC(C)=O)c2c1. The van der Waals surface area contributed by atoms with E-state index in [1.54, 1.807) is 0 Å². The first kappa shape index (κ1) is 15.8. The second kappa shape index (κ2) is 6.93. The van der Waals surface area contributed by atoms with E-state index >= 15 is 0 Å². The molecule has 0 saturated heterocycles. The predicted molar refractivity (Wildman–Crippen MR) is 89.1 cm³/mol. The Kier molecular flexibility index (Phi) is 5.22. The lowest BCUT2D eigenvalue weighted by Crippen LogP contribution is -2.22. The van der Waals surface area contributed by atoms with Crippen LogP contribution < -0.4 is 5.32 Å². The highest BCUT2D eigenvalue weighted by molar-refractivity contribution is 14.1. The number of aromatic amines is 1. The van der Waals surface area contributed by atoms with Crippen molar-refractivity contribution in [3.05, 3.63) is 33.0 Å². The Bertz CT molecular complexity index is 679. The van der Waals surface area contributed by atoms with Crippen molar-refractivity contribution in [1.82, 2.24) is 10.3 Å². The summed E-state index contributed by atoms with van der Waals surface area (Å²) < 4.78 is 5.76. The van der Waals surface area contributed by atoms with E-state index < -0.39 is 0 Å². The number of nitrogens with one attached hydrogen (secondary N) is 2. The van der Waals surface area contributed by atoms with Crippen LogP contribution in [0.2, 0.25) is 0 Å². The number of ether oxygens (including phenoxy) is 1. The first-order valence-electron chi connectivity index (χ1n) is 6.61. The molecule has 0 atom stereocenters. The molecule has 2 N–H and O–H groups in total. The lowest BCUT2D eigenvalue weighted by Gasteiger charge is -2.04. The van der Waals surface area contributed by atoms with E-state index in [2.05, 4.69) is 32.9 Å². The second-order valence-electron chi connectivity index (χ2n) is 4.78. The lowest BCUT2D eigenvalue weighted by atomic mass is 10.1. The Balaban J connectivity index is 2.26. The maximum atomic E-state index is 11.4. The summed E-state index contributed by atoms with van der Waals surface area (Å²) in [5, 5.41) is 3.89. The molecule has 21 heavy (non-hydrogen) atoms. The van der Waals surface area contributed by atoms with Crippen LogP contribution >= 0.6 is 22.6 Å². The number of methoxy groups -OCH3 is 1. The predicted octanol–water partition coefficient (Wildman–Crippen LogP) is 2.17. The fraction of sp³-hybridized carbons (Fsp3) is 0.333. The maximum Gasteiger partial charge on any atom is 0.309 e. The second-order valence-corrected chi connectivity index (χ2v) is 5.86. The zero-order valence-electron chi connectivity index (χ0n) is 12.0. The van der Waals surface area contributed by atoms with E-state index in [-0.39, 0.29) is 18.3 Å². The van der Waals surface area contributed by atoms with Crippen molar-refractivity contribution < 1.29 is 14.3 Å². The molecule has 0 aliphatic heterocycles. The average molecular weight is 400 g/mol. The first-order valence-corrected chi connectivity index (χ1v) is 7.69. The Morgan fingerprint density at radius 3 is 2.81 bits per heavy atom. The van der Waals surface area contributed by atoms with Gasteiger partial charge < -0.3 is 15.0 Å². The molecule has 0 fully saturated rings. The van der Waals surface area contributed by atoms with E-state index in [0.29, 0.717) is 6.54 Å². The summed E-state index contributed by atoms with van der Waals surface area (Å²) in [4.78, 5) is 25.6. The van der Waals surface area contributed by atoms with Gasteiger partial charge in [-0.15, -0.1) is 0 Å². The zero-order chi connectivity index (χ0) is 15.4. The van der Waals surface area contributed by atoms with Crippen LogP contribution in [-0.4, -0.2) is 30.5 Å². The van der Waals surface area contributed by atoms with Crippen molar-refractivity contribution in [2.45, 2.75) is 19.8 Å². The molecule has 1 heterocycles. The Morgan fingerprint density at radius 1 is 1.38 bits per heavy atom. The minimum atomic E-state index is -0.251. The van der Waals surface area contributed by atoms with Crippen molar-refractivity contribution in [3.8, 4) is 0 Å². The molecule has 0 bridgehead atoms. The number of carbonyl (C=O) groups is 2. The van der Waals surface area contributed by atoms with Gasteiger partial charge in [-0.25, -0.2) is 0 Å². The Hall–Kier alpha value is -1.57. The molecule has 1 aromatic carbocycles. The zero-order valence-corrected chi connectivity index (χ0v) is 14.1. The molecular weight excluding hydrogens is 383 g/mol. The molecule has 0 unspecified atom stereocenters. The molecule has 2 rings (SSSR count). The molecule has 0 aliphatic carbocycles. The van der Waals surface area contributed by atoms with Crippen LogP contribution in [0, 0.1) is 3.70 Å². The van der Waals surface area contributed by atoms with Crippen LogP contribution in [0.25, 0.3) is 10.9 Å². The highest BCUT2D eigenvalue weighted by atomic mass is 127. The number of benzene rings is 1. The van der Waals surface area contributed by atoms with E-state index in [0.717, 1.165) is 32.2 Å². The number of amides is 1. The van der Waals surface area contributed by atoms with Crippen molar-refractivity contribution >= 4 is 45.4 Å². The number of halogens is 1. The van der Waals surface area contributed by atoms with Crippen LogP contribution in [0.5, 0.6) is 0 Å². The van der Waals surface area contributed by atoms with Gasteiger partial charge in [0.25, 0.3) is 0 Å². The van der Waals surface area contributed by atoms with Gasteiger partial charge in [0.15, 0.2) is 0 Å². The standard InChI is InChI=1S/C15H17IN2O3/c1-9(19)17-6-5-11-12-7-10(8-14(20)21-2)3-4-13(12)18-15(11)16/h3-4,7,18H,5-6,8H2,1-2H3,(H,17,19). The summed E-state index contributed by atoms with van der Waals surface area (Å²) in [7, 11) is 1.39. The third kappa shape index (κ3) is 3.96. The molecule has 6 heteroatoms. The molecule has 2 aromatic rings. The summed E-state index contributed by atoms with van der Waals surface area (Å²) in [6, 6.07) is 5.90. The van der Waals surface area contributed by atoms with E-state index in [4.69, 9.17) is 4.74 Å². The lowest BCUT2D eigenvalue weighted by molar-refractivity contribution is -0.139. The van der Waals surface area contributed by atoms with Crippen LogP contribution in [-0.2, 0) is 27.2 Å². The van der Waals surface area contributed by atoms with E-state index in [1.807, 2.05) is 18.2 Å². The summed E-state index contributed by atoms with van der Waals surface area (Å²) in [5.41, 5.74) is 3.11. The van der Waals surface area contributed by atoms with Gasteiger partial charge in [0, 0.05) is 24.4 Å². The number of rotatable bonds is 5. The summed E-state index contributed by atoms with van der Waals surface area (Å²) in [6.07, 6.45) is 1.01. The quantitative estimate of drug-likeness (QED) is 0.597. The van der Waals surface area contributed by atoms with Gasteiger partial charge in [0.1, 0.15) is 0 Å². The molecule has 1 amide bonds. The maximum absolute atomic E-state index is 11.4. The van der Waals surface area contributed by atoms with Crippen LogP contribution in [0.15, 0.2) is 18.2 Å². The fourth-order valence-corrected chi connectivity index (χ4v) is 3.07. The van der Waals surface area contributed by atoms with Crippen LogP contribution in [0.3, 0.4) is 0 Å². The van der Waals surface area contributed by atoms with E-state index in [9.17, 15) is 9.59 Å². The van der Waals surface area contributed by atoms with Gasteiger partial charge in [-0.05, 0) is 52.3 Å². The third-order valence-corrected chi connectivity index (χ3v) is 4.16. The smallest absolute Gasteiger partial charge is 0.309 e. The number of hydrogen-bond acceptors (Lipinski definition) is 3. The van der Waals surface area contributed by atoms with Crippen molar-refractivity contribution in [1.29, 1.82) is 0 Å². The van der Waals surface area contributed by atoms with E-state index in [1.165, 1.54) is 14.0 Å². The largest absolute Gasteiger partial charge is 0.469 e. The summed E-state index contributed by atoms with van der Waals surface area (Å²) >= 11 is 2.26. The molecule has 0 spiro atoms. The van der Waals surface area contributed by atoms with Crippen molar-refractivity contribution in [2.75, 3.05) is 13.7 Å². The minimum Gasteiger partial charge on any atom is -0.469 e. The molecule has 0 radical (unpaired) electrons. The number of esters is 1. The van der Waals surface area contributed by atoms with Gasteiger partial charge in [0.05, 0.1) is 17.2 Å². The fourth-order valence-electron chi connectivity index (χ4n) is 2.22. The number of carbonyl (C=O) groups excluding carboxylic acids is 2. The van der Waals surface area contributed by atoms with Gasteiger partial charge in [-0.2, -0.15) is 0 Å². The Labute approximate surface area is 136 Å². The number of hydrogen-bond donors (Lipinski definition) is 2. The van der Waals surface area contributed by atoms with Gasteiger partial charge in [0.2, 0.25) is 5.91 Å². The number of aromatic nitrogens is 1. The first-order chi connectivity index (χ1) is 10.0. The van der Waals surface area contributed by atoms with Gasteiger partial charge in [-0.3, -0.25) is 9.59 Å². The summed E-state index contributed by atoms with van der Waals surface area (Å²) in [6.45, 7) is 2.11. The van der Waals surface area contributed by atoms with Gasteiger partial charge in [-0.1, -0.05) is 6.07 Å². The topological polar surface area (TPSA) is 71.2 Å². The normalized spacial score (nSPS) is 10.6. The molecule has 112 valence electrons. The van der Waals surface area contributed by atoms with Crippen LogP contribution in [0.4, 0.5) is 0 Å². The third-order valence-electron chi connectivity index (χ3n) is 3.24. The number of fused-ring (bicyclic) bond motifs is 1. The summed E-state index contributed by atoms with van der Waals surface area (Å²) in [5.74, 6) is -0.282. The molecule has 0 saturated carbocycles. The van der Waals surface area contributed by atoms with Crippen molar-refractivity contribution in [3.63, 3.8) is 0 Å². The molecular formula is C15H17IN2O3. The minimum absolute atomic E-state index is 0.0313. The van der Waals surface area contributed by atoms with Crippen molar-refractivity contribution in [2.24, 2.45) is 0 Å². The van der Waals surface area contributed by atoms with Crippen LogP contribution in [0.1, 0.15) is 18.1 Å². The monoisotopic (exact) mass is 400 g/mol. The highest BCUT2D eigenvalue weighted by Gasteiger charge is 2.11. The Morgan fingerprint density at radius 2 is 2.14 bits per heavy atom. The molecule has 0 aliphatic rings. The molecule has 5 nitrogen and oxygen atoms in total. The molecule has 1 aromatic heterocycles.